The number of piperidine rings is 1. The number of ether oxygens (including phenoxy) is 1. The number of rotatable bonds is 7. The van der Waals surface area contributed by atoms with Gasteiger partial charge in [-0.1, -0.05) is 13.8 Å². The third-order valence-electron chi connectivity index (χ3n) is 5.00. The van der Waals surface area contributed by atoms with Crippen LogP contribution < -0.4 is 10.1 Å². The van der Waals surface area contributed by atoms with E-state index in [2.05, 4.69) is 26.9 Å². The molecular formula is C20H22F5N3O2S. The van der Waals surface area contributed by atoms with E-state index >= 15 is 0 Å². The number of carbonyl (C=O) groups excluding carboxylic acids is 1. The minimum atomic E-state index is -2.32. The first-order chi connectivity index (χ1) is 14.7. The number of nitrogens with zero attached hydrogens (tertiary/aromatic N) is 2. The Kier molecular flexibility index (Phi) is 7.47. The van der Waals surface area contributed by atoms with E-state index in [1.807, 2.05) is 6.92 Å². The van der Waals surface area contributed by atoms with Gasteiger partial charge in [0, 0.05) is 6.54 Å². The molecule has 1 aromatic heterocycles. The summed E-state index contributed by atoms with van der Waals surface area (Å²) in [5.41, 5.74) is 0. The van der Waals surface area contributed by atoms with Gasteiger partial charge >= 0.3 is 5.97 Å². The summed E-state index contributed by atoms with van der Waals surface area (Å²) >= 11 is 0.959. The summed E-state index contributed by atoms with van der Waals surface area (Å²) in [6.45, 7) is 6.77. The van der Waals surface area contributed by atoms with Crippen molar-refractivity contribution in [3.8, 4) is 5.75 Å². The van der Waals surface area contributed by atoms with Crippen molar-refractivity contribution in [2.75, 3.05) is 25.0 Å². The molecule has 1 saturated heterocycles. The maximum Gasteiger partial charge on any atom is 0.357 e. The van der Waals surface area contributed by atoms with E-state index < -0.39 is 40.8 Å². The smallest absolute Gasteiger partial charge is 0.357 e. The molecule has 3 rings (SSSR count). The molecule has 11 heteroatoms. The second-order valence-corrected chi connectivity index (χ2v) is 8.54. The number of hydrogen-bond acceptors (Lipinski definition) is 6. The Hall–Kier alpha value is -2.27. The molecule has 1 N–H and O–H groups in total. The molecule has 31 heavy (non-hydrogen) atoms. The fourth-order valence-electron chi connectivity index (χ4n) is 3.16. The van der Waals surface area contributed by atoms with E-state index in [1.165, 1.54) is 0 Å². The van der Waals surface area contributed by atoms with Gasteiger partial charge in [0.25, 0.3) is 0 Å². The molecule has 1 aromatic carbocycles. The van der Waals surface area contributed by atoms with Crippen molar-refractivity contribution in [2.45, 2.75) is 39.7 Å². The van der Waals surface area contributed by atoms with Crippen LogP contribution in [0.1, 0.15) is 47.8 Å². The highest BCUT2D eigenvalue weighted by Gasteiger charge is 2.30. The maximum absolute atomic E-state index is 13.9. The van der Waals surface area contributed by atoms with Crippen LogP contribution in [0.2, 0.25) is 0 Å². The van der Waals surface area contributed by atoms with Crippen LogP contribution in [0.15, 0.2) is 0 Å². The fraction of sp³-hybridized carbons (Fsp3) is 0.500. The molecule has 0 aliphatic carbocycles. The van der Waals surface area contributed by atoms with Crippen molar-refractivity contribution in [1.29, 1.82) is 0 Å². The van der Waals surface area contributed by atoms with Gasteiger partial charge in [0.15, 0.2) is 10.7 Å². The predicted octanol–water partition coefficient (Wildman–Crippen LogP) is 5.11. The van der Waals surface area contributed by atoms with Gasteiger partial charge in [-0.25, -0.2) is 22.9 Å². The van der Waals surface area contributed by atoms with Crippen molar-refractivity contribution >= 4 is 23.1 Å². The van der Waals surface area contributed by atoms with Crippen LogP contribution in [0.3, 0.4) is 0 Å². The average molecular weight is 463 g/mol. The van der Waals surface area contributed by atoms with Crippen LogP contribution in [0, 0.1) is 35.0 Å². The van der Waals surface area contributed by atoms with Crippen molar-refractivity contribution in [1.82, 2.24) is 9.88 Å². The molecule has 1 aliphatic rings. The van der Waals surface area contributed by atoms with Crippen molar-refractivity contribution in [3.63, 3.8) is 0 Å². The van der Waals surface area contributed by atoms with E-state index in [1.54, 1.807) is 0 Å². The second-order valence-electron chi connectivity index (χ2n) is 7.46. The Labute approximate surface area is 180 Å². The minimum absolute atomic E-state index is 0.0993. The average Bonchev–Trinajstić information content (AvgIpc) is 3.16. The third kappa shape index (κ3) is 5.15. The number of esters is 1. The lowest BCUT2D eigenvalue weighted by Crippen LogP contribution is -2.32. The summed E-state index contributed by atoms with van der Waals surface area (Å²) in [7, 11) is 0. The number of anilines is 1. The number of hydrogen-bond donors (Lipinski definition) is 1. The summed E-state index contributed by atoms with van der Waals surface area (Å²) in [6.07, 6.45) is 2.80. The topological polar surface area (TPSA) is 54.5 Å². The van der Waals surface area contributed by atoms with E-state index in [0.717, 1.165) is 37.3 Å². The Morgan fingerprint density at radius 1 is 1.10 bits per heavy atom. The highest BCUT2D eigenvalue weighted by molar-refractivity contribution is 7.14. The molecule has 0 amide bonds. The fourth-order valence-corrected chi connectivity index (χ4v) is 4.12. The Morgan fingerprint density at radius 2 is 1.68 bits per heavy atom. The molecule has 0 atom stereocenters. The van der Waals surface area contributed by atoms with Crippen LogP contribution in [-0.2, 0) is 6.54 Å². The number of halogens is 5. The number of nitrogens with one attached hydrogen (secondary N) is 1. The van der Waals surface area contributed by atoms with Gasteiger partial charge in [-0.15, -0.1) is 11.3 Å². The summed E-state index contributed by atoms with van der Waals surface area (Å²) in [5.74, 6) is -13.2. The molecule has 0 spiro atoms. The summed E-state index contributed by atoms with van der Waals surface area (Å²) in [5, 5.41) is 3.52. The standard InChI is InChI=1S/C20H22F5N3O2S/c1-3-6-26-19-18(31-11(27-19)9-28-7-4-10(2)5-8-28)20(29)30-17-15(24)13(22)12(21)14(23)16(17)25/h10,26H,3-9H2,1-2H3. The molecule has 2 aromatic rings. The Morgan fingerprint density at radius 3 is 2.26 bits per heavy atom. The van der Waals surface area contributed by atoms with E-state index in [0.29, 0.717) is 30.4 Å². The molecule has 1 fully saturated rings. The van der Waals surface area contributed by atoms with Crippen LogP contribution in [0.4, 0.5) is 27.8 Å². The number of carbonyl (C=O) groups is 1. The van der Waals surface area contributed by atoms with Gasteiger partial charge in [0.05, 0.1) is 6.54 Å². The van der Waals surface area contributed by atoms with E-state index in [9.17, 15) is 26.7 Å². The first kappa shape index (κ1) is 23.4. The van der Waals surface area contributed by atoms with Gasteiger partial charge < -0.3 is 10.1 Å². The first-order valence-corrected chi connectivity index (χ1v) is 10.7. The summed E-state index contributed by atoms with van der Waals surface area (Å²) in [6, 6.07) is 0. The van der Waals surface area contributed by atoms with Gasteiger partial charge in [0.1, 0.15) is 5.01 Å². The maximum atomic E-state index is 13.9. The molecule has 5 nitrogen and oxygen atoms in total. The number of benzene rings is 1. The second kappa shape index (κ2) is 9.90. The van der Waals surface area contributed by atoms with Gasteiger partial charge in [0.2, 0.25) is 34.8 Å². The minimum Gasteiger partial charge on any atom is -0.416 e. The molecule has 0 unspecified atom stereocenters. The SMILES string of the molecule is CCCNc1nc(CN2CCC(C)CC2)sc1C(=O)Oc1c(F)c(F)c(F)c(F)c1F. The quantitative estimate of drug-likeness (QED) is 0.203. The van der Waals surface area contributed by atoms with Crippen molar-refractivity contribution in [3.05, 3.63) is 39.0 Å². The zero-order valence-electron chi connectivity index (χ0n) is 17.0. The zero-order chi connectivity index (χ0) is 22.7. The molecule has 0 saturated carbocycles. The monoisotopic (exact) mass is 463 g/mol. The number of thiazole rings is 1. The van der Waals surface area contributed by atoms with Gasteiger partial charge in [-0.05, 0) is 38.3 Å². The van der Waals surface area contributed by atoms with E-state index in [-0.39, 0.29) is 10.7 Å². The third-order valence-corrected chi connectivity index (χ3v) is 6.02. The zero-order valence-corrected chi connectivity index (χ0v) is 17.9. The number of likely N-dealkylation sites (tertiary alicyclic amines) is 1. The largest absolute Gasteiger partial charge is 0.416 e. The summed E-state index contributed by atoms with van der Waals surface area (Å²) < 4.78 is 72.4. The van der Waals surface area contributed by atoms with E-state index in [4.69, 9.17) is 0 Å². The van der Waals surface area contributed by atoms with Crippen LogP contribution in [0.5, 0.6) is 5.75 Å². The predicted molar refractivity (Wildman–Crippen MR) is 106 cm³/mol. The highest BCUT2D eigenvalue weighted by Crippen LogP contribution is 2.32. The highest BCUT2D eigenvalue weighted by atomic mass is 32.1. The lowest BCUT2D eigenvalue weighted by Gasteiger charge is -2.29. The summed E-state index contributed by atoms with van der Waals surface area (Å²) in [4.78, 5) is 19.1. The lowest BCUT2D eigenvalue weighted by atomic mass is 9.99. The molecule has 170 valence electrons. The van der Waals surface area contributed by atoms with Gasteiger partial charge in [-0.3, -0.25) is 4.90 Å². The van der Waals surface area contributed by atoms with Crippen LogP contribution in [-0.4, -0.2) is 35.5 Å². The molecule has 2 heterocycles. The molecule has 0 radical (unpaired) electrons. The van der Waals surface area contributed by atoms with Crippen molar-refractivity contribution in [2.24, 2.45) is 5.92 Å². The Bertz CT molecular complexity index is 932. The first-order valence-electron chi connectivity index (χ1n) is 9.92. The van der Waals surface area contributed by atoms with Crippen molar-refractivity contribution < 1.29 is 31.5 Å². The molecular weight excluding hydrogens is 441 g/mol. The number of aromatic nitrogens is 1. The molecule has 1 aliphatic heterocycles. The molecule has 0 bridgehead atoms. The normalized spacial score (nSPS) is 15.3. The van der Waals surface area contributed by atoms with Gasteiger partial charge in [-0.2, -0.15) is 8.78 Å². The Balaban J connectivity index is 1.85. The van der Waals surface area contributed by atoms with Crippen LogP contribution in [0.25, 0.3) is 0 Å². The lowest BCUT2D eigenvalue weighted by molar-refractivity contribution is 0.0722. The van der Waals surface area contributed by atoms with Crippen LogP contribution >= 0.6 is 11.3 Å².